The maximum atomic E-state index is 12.6. The first-order chi connectivity index (χ1) is 14.4. The minimum Gasteiger partial charge on any atom is -0.370 e. The zero-order valence-corrected chi connectivity index (χ0v) is 19.7. The van der Waals surface area contributed by atoms with E-state index in [0.717, 1.165) is 47.6 Å². The molecule has 4 heterocycles. The van der Waals surface area contributed by atoms with Gasteiger partial charge in [0.15, 0.2) is 5.78 Å². The van der Waals surface area contributed by atoms with Crippen molar-refractivity contribution in [3.8, 4) is 0 Å². The van der Waals surface area contributed by atoms with Crippen LogP contribution in [0.4, 0.5) is 0 Å². The van der Waals surface area contributed by atoms with Crippen molar-refractivity contribution in [1.29, 1.82) is 0 Å². The van der Waals surface area contributed by atoms with Crippen molar-refractivity contribution < 1.29 is 9.53 Å². The Kier molecular flexibility index (Phi) is 5.13. The molecular weight excluding hydrogens is 482 g/mol. The van der Waals surface area contributed by atoms with E-state index in [1.807, 2.05) is 24.3 Å². The van der Waals surface area contributed by atoms with Gasteiger partial charge in [-0.1, -0.05) is 39.8 Å². The molecule has 0 saturated heterocycles. The van der Waals surface area contributed by atoms with Gasteiger partial charge in [0.05, 0.1) is 33.9 Å². The third kappa shape index (κ3) is 3.77. The number of thiophene rings is 1. The van der Waals surface area contributed by atoms with Crippen LogP contribution in [-0.4, -0.2) is 32.1 Å². The van der Waals surface area contributed by atoms with Gasteiger partial charge in [-0.2, -0.15) is 0 Å². The van der Waals surface area contributed by atoms with Crippen molar-refractivity contribution in [2.75, 3.05) is 5.75 Å². The minimum atomic E-state index is -0.196. The number of carbonyl (C=O) groups is 1. The topological polar surface area (TPSA) is 65.0 Å². The minimum absolute atomic E-state index is 0.0772. The van der Waals surface area contributed by atoms with E-state index in [1.165, 1.54) is 11.8 Å². The molecule has 30 heavy (non-hydrogen) atoms. The lowest BCUT2D eigenvalue weighted by atomic mass is 9.95. The van der Waals surface area contributed by atoms with Gasteiger partial charge in [-0.05, 0) is 32.0 Å². The number of hydrogen-bond acceptors (Lipinski definition) is 7. The largest absolute Gasteiger partial charge is 0.370 e. The number of aromatic nitrogens is 3. The zero-order valence-electron chi connectivity index (χ0n) is 16.4. The summed E-state index contributed by atoms with van der Waals surface area (Å²) >= 11 is 6.44. The second-order valence-electron chi connectivity index (χ2n) is 7.85. The van der Waals surface area contributed by atoms with Crippen LogP contribution < -0.4 is 0 Å². The van der Waals surface area contributed by atoms with Gasteiger partial charge >= 0.3 is 0 Å². The molecule has 0 aliphatic carbocycles. The van der Waals surface area contributed by atoms with Gasteiger partial charge in [0.1, 0.15) is 16.2 Å². The molecule has 4 aromatic rings. The van der Waals surface area contributed by atoms with E-state index < -0.39 is 0 Å². The van der Waals surface area contributed by atoms with E-state index in [2.05, 4.69) is 45.8 Å². The number of halogens is 1. The van der Waals surface area contributed by atoms with E-state index in [0.29, 0.717) is 17.9 Å². The smallest absolute Gasteiger partial charge is 0.173 e. The molecule has 0 radical (unpaired) electrons. The van der Waals surface area contributed by atoms with Gasteiger partial charge in [0.25, 0.3) is 0 Å². The molecule has 152 valence electrons. The third-order valence-corrected chi connectivity index (χ3v) is 7.84. The molecule has 0 N–H and O–H groups in total. The summed E-state index contributed by atoms with van der Waals surface area (Å²) in [6.45, 7) is 4.75. The second kappa shape index (κ2) is 7.67. The molecule has 0 spiro atoms. The number of Topliss-reactive ketones (excluding diaryl/α,β-unsaturated/α-hetero) is 1. The highest BCUT2D eigenvalue weighted by Crippen LogP contribution is 2.39. The fourth-order valence-corrected chi connectivity index (χ4v) is 5.88. The summed E-state index contributed by atoms with van der Waals surface area (Å²) in [5.74, 6) is 0.404. The van der Waals surface area contributed by atoms with Crippen LogP contribution in [0.25, 0.3) is 20.4 Å². The van der Waals surface area contributed by atoms with Gasteiger partial charge < -0.3 is 4.74 Å². The first-order valence-electron chi connectivity index (χ1n) is 9.51. The second-order valence-corrected chi connectivity index (χ2v) is 10.7. The summed E-state index contributed by atoms with van der Waals surface area (Å²) in [6, 6.07) is 9.58. The molecule has 0 unspecified atom stereocenters. The summed E-state index contributed by atoms with van der Waals surface area (Å²) in [6.07, 6.45) is 2.36. The number of rotatable bonds is 4. The number of thioether (sulfide) groups is 1. The average molecular weight is 500 g/mol. The van der Waals surface area contributed by atoms with Gasteiger partial charge in [-0.25, -0.2) is 15.0 Å². The van der Waals surface area contributed by atoms with E-state index in [-0.39, 0.29) is 11.4 Å². The fourth-order valence-electron chi connectivity index (χ4n) is 3.52. The first kappa shape index (κ1) is 20.1. The summed E-state index contributed by atoms with van der Waals surface area (Å²) < 4.78 is 7.89. The fraction of sp³-hybridized carbons (Fsp3) is 0.273. The van der Waals surface area contributed by atoms with Crippen LogP contribution in [0.5, 0.6) is 0 Å². The van der Waals surface area contributed by atoms with E-state index >= 15 is 0 Å². The standard InChI is InChI=1S/C22H18BrN3O2S2/c1-22(2)8-16-13(9-28-22)7-15-18-19(30-20(15)26-16)21(25-11-24-18)29-10-17(27)12-3-5-14(23)6-4-12/h3-7,11H,8-10H2,1-2H3. The summed E-state index contributed by atoms with van der Waals surface area (Å²) in [5.41, 5.74) is 3.61. The number of pyridine rings is 1. The summed E-state index contributed by atoms with van der Waals surface area (Å²) in [4.78, 5) is 27.4. The normalized spacial score (nSPS) is 15.4. The van der Waals surface area contributed by atoms with Crippen molar-refractivity contribution >= 4 is 65.2 Å². The number of fused-ring (bicyclic) bond motifs is 4. The van der Waals surface area contributed by atoms with Crippen LogP contribution in [0.1, 0.15) is 35.5 Å². The predicted octanol–water partition coefficient (Wildman–Crippen LogP) is 5.83. The van der Waals surface area contributed by atoms with Crippen LogP contribution in [0.15, 0.2) is 46.2 Å². The molecule has 0 fully saturated rings. The highest BCUT2D eigenvalue weighted by molar-refractivity contribution is 9.10. The number of ketones is 1. The number of nitrogens with zero attached hydrogens (tertiary/aromatic N) is 3. The van der Waals surface area contributed by atoms with Crippen LogP contribution in [-0.2, 0) is 17.8 Å². The van der Waals surface area contributed by atoms with Crippen molar-refractivity contribution in [3.05, 3.63) is 58.0 Å². The molecule has 1 aliphatic rings. The Morgan fingerprint density at radius 3 is 2.87 bits per heavy atom. The molecule has 5 rings (SSSR count). The molecule has 0 bridgehead atoms. The molecule has 3 aromatic heterocycles. The molecule has 1 aliphatic heterocycles. The Hall–Kier alpha value is -1.87. The SMILES string of the molecule is CC1(C)Cc2nc3sc4c(SCC(=O)c5ccc(Br)cc5)ncnc4c3cc2CO1. The van der Waals surface area contributed by atoms with Gasteiger partial charge in [0.2, 0.25) is 0 Å². The molecule has 1 aromatic carbocycles. The van der Waals surface area contributed by atoms with Gasteiger partial charge in [-0.15, -0.1) is 11.3 Å². The number of carbonyl (C=O) groups excluding carboxylic acids is 1. The highest BCUT2D eigenvalue weighted by atomic mass is 79.9. The molecule has 0 saturated carbocycles. The predicted molar refractivity (Wildman–Crippen MR) is 124 cm³/mol. The van der Waals surface area contributed by atoms with Gasteiger partial charge in [-0.3, -0.25) is 4.79 Å². The molecule has 8 heteroatoms. The quantitative estimate of drug-likeness (QED) is 0.200. The van der Waals surface area contributed by atoms with Crippen molar-refractivity contribution in [3.63, 3.8) is 0 Å². The van der Waals surface area contributed by atoms with Crippen molar-refractivity contribution in [2.45, 2.75) is 37.5 Å². The highest BCUT2D eigenvalue weighted by Gasteiger charge is 2.28. The monoisotopic (exact) mass is 499 g/mol. The summed E-state index contributed by atoms with van der Waals surface area (Å²) in [7, 11) is 0. The maximum absolute atomic E-state index is 12.6. The van der Waals surface area contributed by atoms with E-state index in [4.69, 9.17) is 9.72 Å². The van der Waals surface area contributed by atoms with E-state index in [1.54, 1.807) is 17.7 Å². The lowest BCUT2D eigenvalue weighted by Crippen LogP contribution is -2.32. The Morgan fingerprint density at radius 1 is 1.27 bits per heavy atom. The van der Waals surface area contributed by atoms with E-state index in [9.17, 15) is 4.79 Å². The van der Waals surface area contributed by atoms with Gasteiger partial charge in [0, 0.05) is 27.4 Å². The first-order valence-corrected chi connectivity index (χ1v) is 12.1. The van der Waals surface area contributed by atoms with Crippen molar-refractivity contribution in [1.82, 2.24) is 15.0 Å². The third-order valence-electron chi connectivity index (χ3n) is 5.10. The summed E-state index contributed by atoms with van der Waals surface area (Å²) in [5, 5.41) is 1.85. The Bertz CT molecular complexity index is 1290. The average Bonchev–Trinajstić information content (AvgIpc) is 3.08. The van der Waals surface area contributed by atoms with Crippen molar-refractivity contribution in [2.24, 2.45) is 0 Å². The lowest BCUT2D eigenvalue weighted by molar-refractivity contribution is -0.0411. The zero-order chi connectivity index (χ0) is 20.9. The van der Waals surface area contributed by atoms with Crippen LogP contribution in [0.3, 0.4) is 0 Å². The molecular formula is C22H18BrN3O2S2. The Labute approximate surface area is 190 Å². The van der Waals surface area contributed by atoms with Crippen LogP contribution in [0.2, 0.25) is 0 Å². The molecule has 0 atom stereocenters. The lowest BCUT2D eigenvalue weighted by Gasteiger charge is -2.30. The Balaban J connectivity index is 1.47. The number of benzene rings is 1. The van der Waals surface area contributed by atoms with Crippen LogP contribution >= 0.6 is 39.0 Å². The number of hydrogen-bond donors (Lipinski definition) is 0. The van der Waals surface area contributed by atoms with Crippen LogP contribution in [0, 0.1) is 0 Å². The maximum Gasteiger partial charge on any atom is 0.173 e. The Morgan fingerprint density at radius 2 is 2.07 bits per heavy atom. The molecule has 0 amide bonds. The molecule has 5 nitrogen and oxygen atoms in total. The number of ether oxygens (including phenoxy) is 1.